The number of hydrogen-bond acceptors (Lipinski definition) is 5. The second kappa shape index (κ2) is 7.65. The average molecular weight is 351 g/mol. The maximum atomic E-state index is 11.9. The molecule has 0 bridgehead atoms. The number of rotatable bonds is 5. The quantitative estimate of drug-likeness (QED) is 0.647. The van der Waals surface area contributed by atoms with Crippen molar-refractivity contribution in [3.05, 3.63) is 63.2 Å². The number of non-ortho nitro benzene ring substituents is 1. The lowest BCUT2D eigenvalue weighted by atomic mass is 10.1. The molecule has 0 unspecified atom stereocenters. The number of ether oxygens (including phenoxy) is 2. The minimum absolute atomic E-state index is 0.0840. The molecule has 0 aliphatic rings. The van der Waals surface area contributed by atoms with E-state index in [1.807, 2.05) is 0 Å². The zero-order chi connectivity index (χ0) is 17.7. The molecule has 1 N–H and O–H groups in total. The molecule has 8 heteroatoms. The summed E-state index contributed by atoms with van der Waals surface area (Å²) in [6.07, 6.45) is -0.699. The van der Waals surface area contributed by atoms with Crippen LogP contribution in [-0.4, -0.2) is 18.1 Å². The predicted octanol–water partition coefficient (Wildman–Crippen LogP) is 4.11. The largest absolute Gasteiger partial charge is 0.497 e. The molecule has 0 aliphatic heterocycles. The van der Waals surface area contributed by atoms with Crippen molar-refractivity contribution in [1.29, 1.82) is 0 Å². The van der Waals surface area contributed by atoms with Crippen LogP contribution in [0.2, 0.25) is 5.02 Å². The second-order valence-corrected chi connectivity index (χ2v) is 5.30. The topological polar surface area (TPSA) is 90.7 Å². The molecule has 1 amide bonds. The zero-order valence-corrected chi connectivity index (χ0v) is 13.7. The standard InChI is InChI=1S/C16H15ClN2O5/c1-10(14-9-13(23-2)7-8-15(14)17)18-16(20)24-12-5-3-11(4-6-12)19(21)22/h3-10H,1-2H3,(H,18,20)/t10-/m1/s1. The Labute approximate surface area is 143 Å². The average Bonchev–Trinajstić information content (AvgIpc) is 2.55. The van der Waals surface area contributed by atoms with Crippen LogP contribution >= 0.6 is 11.6 Å². The van der Waals surface area contributed by atoms with E-state index in [0.717, 1.165) is 0 Å². The minimum atomic E-state index is -0.699. The molecule has 0 saturated carbocycles. The van der Waals surface area contributed by atoms with Gasteiger partial charge in [-0.25, -0.2) is 4.79 Å². The third-order valence-corrected chi connectivity index (χ3v) is 3.61. The molecule has 24 heavy (non-hydrogen) atoms. The van der Waals surface area contributed by atoms with Gasteiger partial charge in [-0.05, 0) is 42.8 Å². The number of halogens is 1. The lowest BCUT2D eigenvalue weighted by Crippen LogP contribution is -2.29. The third-order valence-electron chi connectivity index (χ3n) is 3.26. The first-order valence-electron chi connectivity index (χ1n) is 6.97. The van der Waals surface area contributed by atoms with Gasteiger partial charge in [-0.1, -0.05) is 11.6 Å². The molecule has 2 aromatic rings. The molecule has 0 spiro atoms. The van der Waals surface area contributed by atoms with Crippen molar-refractivity contribution in [3.63, 3.8) is 0 Å². The van der Waals surface area contributed by atoms with Gasteiger partial charge in [0.2, 0.25) is 0 Å². The summed E-state index contributed by atoms with van der Waals surface area (Å²) in [6.45, 7) is 1.75. The summed E-state index contributed by atoms with van der Waals surface area (Å²) in [5.41, 5.74) is 0.593. The Morgan fingerprint density at radius 2 is 1.83 bits per heavy atom. The van der Waals surface area contributed by atoms with Crippen LogP contribution < -0.4 is 14.8 Å². The van der Waals surface area contributed by atoms with Gasteiger partial charge < -0.3 is 14.8 Å². The number of amides is 1. The molecule has 2 rings (SSSR count). The Balaban J connectivity index is 2.02. The van der Waals surface area contributed by atoms with Crippen molar-refractivity contribution in [2.45, 2.75) is 13.0 Å². The Morgan fingerprint density at radius 1 is 1.21 bits per heavy atom. The van der Waals surface area contributed by atoms with E-state index < -0.39 is 17.1 Å². The van der Waals surface area contributed by atoms with E-state index in [9.17, 15) is 14.9 Å². The Morgan fingerprint density at radius 3 is 2.42 bits per heavy atom. The maximum Gasteiger partial charge on any atom is 0.413 e. The number of methoxy groups -OCH3 is 1. The summed E-state index contributed by atoms with van der Waals surface area (Å²) in [5.74, 6) is 0.814. The van der Waals surface area contributed by atoms with Crippen LogP contribution in [0.5, 0.6) is 11.5 Å². The van der Waals surface area contributed by atoms with E-state index in [4.69, 9.17) is 21.1 Å². The molecule has 2 aromatic carbocycles. The highest BCUT2D eigenvalue weighted by molar-refractivity contribution is 6.31. The van der Waals surface area contributed by atoms with Crippen LogP contribution in [0.25, 0.3) is 0 Å². The highest BCUT2D eigenvalue weighted by Gasteiger charge is 2.15. The van der Waals surface area contributed by atoms with Gasteiger partial charge in [0.1, 0.15) is 11.5 Å². The van der Waals surface area contributed by atoms with Gasteiger partial charge >= 0.3 is 6.09 Å². The Hall–Kier alpha value is -2.80. The number of nitrogens with one attached hydrogen (secondary N) is 1. The Kier molecular flexibility index (Phi) is 5.59. The number of hydrogen-bond donors (Lipinski definition) is 1. The summed E-state index contributed by atoms with van der Waals surface area (Å²) in [5, 5.41) is 13.7. The van der Waals surface area contributed by atoms with Crippen molar-refractivity contribution < 1.29 is 19.2 Å². The predicted molar refractivity (Wildman–Crippen MR) is 88.7 cm³/mol. The van der Waals surface area contributed by atoms with Gasteiger partial charge in [-0.2, -0.15) is 0 Å². The summed E-state index contributed by atoms with van der Waals surface area (Å²) in [6, 6.07) is 9.90. The summed E-state index contributed by atoms with van der Waals surface area (Å²) >= 11 is 6.13. The smallest absolute Gasteiger partial charge is 0.413 e. The molecule has 0 heterocycles. The fraction of sp³-hybridized carbons (Fsp3) is 0.188. The second-order valence-electron chi connectivity index (χ2n) is 4.89. The van der Waals surface area contributed by atoms with Crippen molar-refractivity contribution in [2.75, 3.05) is 7.11 Å². The van der Waals surface area contributed by atoms with Gasteiger partial charge in [-0.3, -0.25) is 10.1 Å². The van der Waals surface area contributed by atoms with Crippen LogP contribution in [0.15, 0.2) is 42.5 Å². The normalized spacial score (nSPS) is 11.5. The van der Waals surface area contributed by atoms with Crippen molar-refractivity contribution in [3.8, 4) is 11.5 Å². The molecule has 1 atom stereocenters. The van der Waals surface area contributed by atoms with E-state index >= 15 is 0 Å². The van der Waals surface area contributed by atoms with Crippen molar-refractivity contribution >= 4 is 23.4 Å². The first-order chi connectivity index (χ1) is 11.4. The summed E-state index contributed by atoms with van der Waals surface area (Å²) in [4.78, 5) is 22.0. The first kappa shape index (κ1) is 17.6. The van der Waals surface area contributed by atoms with Crippen LogP contribution in [0.4, 0.5) is 10.5 Å². The van der Waals surface area contributed by atoms with Crippen molar-refractivity contribution in [2.24, 2.45) is 0 Å². The van der Waals surface area contributed by atoms with Crippen LogP contribution in [0.3, 0.4) is 0 Å². The number of nitro groups is 1. The zero-order valence-electron chi connectivity index (χ0n) is 13.0. The number of benzene rings is 2. The number of carbonyl (C=O) groups is 1. The van der Waals surface area contributed by atoms with Gasteiger partial charge in [0.15, 0.2) is 0 Å². The molecule has 7 nitrogen and oxygen atoms in total. The van der Waals surface area contributed by atoms with Gasteiger partial charge in [0.05, 0.1) is 18.1 Å². The van der Waals surface area contributed by atoms with E-state index in [0.29, 0.717) is 16.3 Å². The highest BCUT2D eigenvalue weighted by atomic mass is 35.5. The lowest BCUT2D eigenvalue weighted by Gasteiger charge is -2.16. The SMILES string of the molecule is COc1ccc(Cl)c([C@@H](C)NC(=O)Oc2ccc([N+](=O)[O-])cc2)c1. The monoisotopic (exact) mass is 350 g/mol. The van der Waals surface area contributed by atoms with Gasteiger partial charge in [0, 0.05) is 17.2 Å². The van der Waals surface area contributed by atoms with E-state index in [2.05, 4.69) is 5.32 Å². The molecule has 0 saturated heterocycles. The number of nitro benzene ring substituents is 1. The number of carbonyl (C=O) groups excluding carboxylic acids is 1. The molecule has 0 aliphatic carbocycles. The first-order valence-corrected chi connectivity index (χ1v) is 7.34. The van der Waals surface area contributed by atoms with E-state index in [1.165, 1.54) is 31.4 Å². The molecule has 0 radical (unpaired) electrons. The fourth-order valence-corrected chi connectivity index (χ4v) is 2.29. The summed E-state index contributed by atoms with van der Waals surface area (Å²) < 4.78 is 10.2. The number of nitrogens with zero attached hydrogens (tertiary/aromatic N) is 1. The summed E-state index contributed by atoms with van der Waals surface area (Å²) in [7, 11) is 1.54. The van der Waals surface area contributed by atoms with E-state index in [1.54, 1.807) is 25.1 Å². The molecule has 0 aromatic heterocycles. The third kappa shape index (κ3) is 4.36. The highest BCUT2D eigenvalue weighted by Crippen LogP contribution is 2.27. The van der Waals surface area contributed by atoms with Gasteiger partial charge in [-0.15, -0.1) is 0 Å². The van der Waals surface area contributed by atoms with Crippen molar-refractivity contribution in [1.82, 2.24) is 5.32 Å². The molecule has 126 valence electrons. The fourth-order valence-electron chi connectivity index (χ4n) is 2.01. The van der Waals surface area contributed by atoms with Crippen LogP contribution in [0, 0.1) is 10.1 Å². The molecular formula is C16H15ClN2O5. The minimum Gasteiger partial charge on any atom is -0.497 e. The van der Waals surface area contributed by atoms with Crippen LogP contribution in [-0.2, 0) is 0 Å². The Bertz CT molecular complexity index is 749. The van der Waals surface area contributed by atoms with E-state index in [-0.39, 0.29) is 11.4 Å². The van der Waals surface area contributed by atoms with Gasteiger partial charge in [0.25, 0.3) is 5.69 Å². The maximum absolute atomic E-state index is 11.9. The lowest BCUT2D eigenvalue weighted by molar-refractivity contribution is -0.384. The molecule has 0 fully saturated rings. The van der Waals surface area contributed by atoms with Crippen LogP contribution in [0.1, 0.15) is 18.5 Å². The molecular weight excluding hydrogens is 336 g/mol.